The molecule has 3 nitrogen and oxygen atoms in total. The molecule has 0 unspecified atom stereocenters. The van der Waals surface area contributed by atoms with Crippen molar-refractivity contribution in [1.29, 1.82) is 0 Å². The maximum atomic E-state index is 12.1. The molecule has 0 radical (unpaired) electrons. The van der Waals surface area contributed by atoms with E-state index in [1.807, 2.05) is 0 Å². The Labute approximate surface area is 121 Å². The van der Waals surface area contributed by atoms with Gasteiger partial charge in [-0.05, 0) is 25.1 Å². The molecule has 1 aromatic rings. The summed E-state index contributed by atoms with van der Waals surface area (Å²) in [6.45, 7) is 1.77. The Hall–Kier alpha value is -0.640. The smallest absolute Gasteiger partial charge is 0.255 e. The number of hydrogen-bond acceptors (Lipinski definition) is 2. The van der Waals surface area contributed by atoms with Gasteiger partial charge in [0, 0.05) is 16.8 Å². The number of nitrogens with one attached hydrogen (secondary N) is 1. The number of halogens is 3. The van der Waals surface area contributed by atoms with Gasteiger partial charge in [-0.15, -0.1) is 23.2 Å². The first-order valence-corrected chi connectivity index (χ1v) is 6.68. The van der Waals surface area contributed by atoms with E-state index < -0.39 is 5.54 Å². The van der Waals surface area contributed by atoms with Crippen molar-refractivity contribution in [2.45, 2.75) is 12.5 Å². The summed E-state index contributed by atoms with van der Waals surface area (Å²) >= 11 is 17.4. The minimum Gasteiger partial charge on any atom is -0.496 e. The molecule has 0 fully saturated rings. The molecule has 0 aliphatic rings. The zero-order chi connectivity index (χ0) is 13.8. The van der Waals surface area contributed by atoms with Gasteiger partial charge in [0.25, 0.3) is 5.91 Å². The standard InChI is InChI=1S/C12H14Cl3NO2/c1-12(6-13,7-14)16-11(17)9-5-8(15)3-4-10(9)18-2/h3-5H,6-7H2,1-2H3,(H,16,17). The van der Waals surface area contributed by atoms with Crippen molar-refractivity contribution in [1.82, 2.24) is 5.32 Å². The molecule has 6 heteroatoms. The van der Waals surface area contributed by atoms with Crippen LogP contribution in [0.4, 0.5) is 0 Å². The second kappa shape index (κ2) is 6.50. The summed E-state index contributed by atoms with van der Waals surface area (Å²) in [5.74, 6) is 0.553. The van der Waals surface area contributed by atoms with Crippen molar-refractivity contribution in [3.8, 4) is 5.75 Å². The number of rotatable bonds is 5. The second-order valence-electron chi connectivity index (χ2n) is 4.13. The summed E-state index contributed by atoms with van der Waals surface area (Å²) in [7, 11) is 1.49. The predicted molar refractivity (Wildman–Crippen MR) is 75.3 cm³/mol. The average Bonchev–Trinajstić information content (AvgIpc) is 2.38. The van der Waals surface area contributed by atoms with Crippen LogP contribution in [0.3, 0.4) is 0 Å². The van der Waals surface area contributed by atoms with E-state index in [2.05, 4.69) is 5.32 Å². The molecule has 1 amide bonds. The summed E-state index contributed by atoms with van der Waals surface area (Å²) < 4.78 is 5.12. The third-order valence-corrected chi connectivity index (χ3v) is 3.83. The predicted octanol–water partition coefficient (Wildman–Crippen LogP) is 3.31. The van der Waals surface area contributed by atoms with Gasteiger partial charge in [-0.25, -0.2) is 0 Å². The second-order valence-corrected chi connectivity index (χ2v) is 5.10. The van der Waals surface area contributed by atoms with Crippen LogP contribution < -0.4 is 10.1 Å². The number of ether oxygens (including phenoxy) is 1. The van der Waals surface area contributed by atoms with Crippen molar-refractivity contribution in [2.75, 3.05) is 18.9 Å². The van der Waals surface area contributed by atoms with Crippen molar-refractivity contribution < 1.29 is 9.53 Å². The number of benzene rings is 1. The van der Waals surface area contributed by atoms with Crippen molar-refractivity contribution in [3.05, 3.63) is 28.8 Å². The van der Waals surface area contributed by atoms with Crippen LogP contribution in [0.5, 0.6) is 5.75 Å². The van der Waals surface area contributed by atoms with E-state index in [4.69, 9.17) is 39.5 Å². The van der Waals surface area contributed by atoms with Crippen LogP contribution in [-0.2, 0) is 0 Å². The van der Waals surface area contributed by atoms with Crippen LogP contribution in [-0.4, -0.2) is 30.3 Å². The van der Waals surface area contributed by atoms with Gasteiger partial charge in [-0.1, -0.05) is 11.6 Å². The maximum Gasteiger partial charge on any atom is 0.255 e. The first kappa shape index (κ1) is 15.4. The number of carbonyl (C=O) groups excluding carboxylic acids is 1. The van der Waals surface area contributed by atoms with E-state index in [-0.39, 0.29) is 17.7 Å². The largest absolute Gasteiger partial charge is 0.496 e. The minimum absolute atomic E-state index is 0.213. The summed E-state index contributed by atoms with van der Waals surface area (Å²) in [5, 5.41) is 3.23. The molecule has 1 N–H and O–H groups in total. The Morgan fingerprint density at radius 3 is 2.50 bits per heavy atom. The monoisotopic (exact) mass is 309 g/mol. The van der Waals surface area contributed by atoms with Crippen LogP contribution in [0.2, 0.25) is 5.02 Å². The molecule has 0 aliphatic carbocycles. The van der Waals surface area contributed by atoms with Gasteiger partial charge in [-0.2, -0.15) is 0 Å². The molecule has 0 heterocycles. The third kappa shape index (κ3) is 3.67. The highest BCUT2D eigenvalue weighted by molar-refractivity contribution is 6.31. The summed E-state index contributed by atoms with van der Waals surface area (Å²) in [6.07, 6.45) is 0. The van der Waals surface area contributed by atoms with E-state index in [9.17, 15) is 4.79 Å². The van der Waals surface area contributed by atoms with E-state index in [0.717, 1.165) is 0 Å². The molecular weight excluding hydrogens is 296 g/mol. The van der Waals surface area contributed by atoms with Crippen LogP contribution in [0, 0.1) is 0 Å². The molecule has 0 bridgehead atoms. The molecule has 100 valence electrons. The summed E-state index contributed by atoms with van der Waals surface area (Å²) in [6, 6.07) is 4.83. The fourth-order valence-corrected chi connectivity index (χ4v) is 1.89. The minimum atomic E-state index is -0.673. The van der Waals surface area contributed by atoms with Crippen LogP contribution in [0.15, 0.2) is 18.2 Å². The first-order valence-electron chi connectivity index (χ1n) is 5.24. The molecule has 0 atom stereocenters. The molecule has 1 aromatic carbocycles. The average molecular weight is 311 g/mol. The lowest BCUT2D eigenvalue weighted by Crippen LogP contribution is -2.49. The van der Waals surface area contributed by atoms with Gasteiger partial charge in [0.05, 0.1) is 18.2 Å². The Morgan fingerprint density at radius 2 is 2.00 bits per heavy atom. The van der Waals surface area contributed by atoms with Crippen molar-refractivity contribution in [2.24, 2.45) is 0 Å². The van der Waals surface area contributed by atoms with Crippen LogP contribution in [0.1, 0.15) is 17.3 Å². The number of methoxy groups -OCH3 is 1. The highest BCUT2D eigenvalue weighted by Gasteiger charge is 2.26. The van der Waals surface area contributed by atoms with Crippen LogP contribution >= 0.6 is 34.8 Å². The lowest BCUT2D eigenvalue weighted by atomic mass is 10.1. The van der Waals surface area contributed by atoms with Gasteiger partial charge in [-0.3, -0.25) is 4.79 Å². The quantitative estimate of drug-likeness (QED) is 0.847. The lowest BCUT2D eigenvalue weighted by molar-refractivity contribution is 0.0918. The molecule has 0 aliphatic heterocycles. The van der Waals surface area contributed by atoms with Gasteiger partial charge < -0.3 is 10.1 Å². The zero-order valence-corrected chi connectivity index (χ0v) is 12.4. The maximum absolute atomic E-state index is 12.1. The number of alkyl halides is 2. The summed E-state index contributed by atoms with van der Waals surface area (Å²) in [4.78, 5) is 12.1. The van der Waals surface area contributed by atoms with E-state index in [0.29, 0.717) is 16.3 Å². The van der Waals surface area contributed by atoms with Gasteiger partial charge in [0.15, 0.2) is 0 Å². The zero-order valence-electron chi connectivity index (χ0n) is 10.1. The fourth-order valence-electron chi connectivity index (χ4n) is 1.30. The van der Waals surface area contributed by atoms with Crippen molar-refractivity contribution in [3.63, 3.8) is 0 Å². The Balaban J connectivity index is 3.00. The Kier molecular flexibility index (Phi) is 5.57. The van der Waals surface area contributed by atoms with E-state index in [1.54, 1.807) is 25.1 Å². The van der Waals surface area contributed by atoms with Gasteiger partial charge in [0.2, 0.25) is 0 Å². The van der Waals surface area contributed by atoms with Crippen molar-refractivity contribution >= 4 is 40.7 Å². The Morgan fingerprint density at radius 1 is 1.39 bits per heavy atom. The highest BCUT2D eigenvalue weighted by atomic mass is 35.5. The summed E-state index contributed by atoms with van der Waals surface area (Å²) in [5.41, 5.74) is -0.320. The normalized spacial score (nSPS) is 11.2. The lowest BCUT2D eigenvalue weighted by Gasteiger charge is -2.26. The van der Waals surface area contributed by atoms with Gasteiger partial charge in [0.1, 0.15) is 5.75 Å². The highest BCUT2D eigenvalue weighted by Crippen LogP contribution is 2.23. The number of carbonyl (C=O) groups is 1. The van der Waals surface area contributed by atoms with E-state index >= 15 is 0 Å². The third-order valence-electron chi connectivity index (χ3n) is 2.41. The molecule has 0 saturated heterocycles. The Bertz CT molecular complexity index is 433. The molecule has 0 aromatic heterocycles. The fraction of sp³-hybridized carbons (Fsp3) is 0.417. The molecule has 0 saturated carbocycles. The van der Waals surface area contributed by atoms with Gasteiger partial charge >= 0.3 is 0 Å². The van der Waals surface area contributed by atoms with Crippen LogP contribution in [0.25, 0.3) is 0 Å². The number of hydrogen-bond donors (Lipinski definition) is 1. The number of amides is 1. The topological polar surface area (TPSA) is 38.3 Å². The SMILES string of the molecule is COc1ccc(Cl)cc1C(=O)NC(C)(CCl)CCl. The van der Waals surface area contributed by atoms with E-state index in [1.165, 1.54) is 7.11 Å². The molecule has 18 heavy (non-hydrogen) atoms. The first-order chi connectivity index (χ1) is 8.45. The molecule has 0 spiro atoms. The molecule has 1 rings (SSSR count). The molecular formula is C12H14Cl3NO2.